The summed E-state index contributed by atoms with van der Waals surface area (Å²) < 4.78 is 5.33. The molecular weight excluding hydrogens is 300 g/mol. The van der Waals surface area contributed by atoms with Gasteiger partial charge in [-0.15, -0.1) is 0 Å². The van der Waals surface area contributed by atoms with Gasteiger partial charge in [0.25, 0.3) is 0 Å². The first kappa shape index (κ1) is 19.5. The van der Waals surface area contributed by atoms with E-state index in [-0.39, 0.29) is 0 Å². The number of rotatable bonds is 9. The molecule has 0 aromatic carbocycles. The smallest absolute Gasteiger partial charge is 0.191 e. The SMILES string of the molecule is CCNC(=NCC1(CCOC)CCCC1)NCC1CCN(CC)C1. The van der Waals surface area contributed by atoms with Gasteiger partial charge in [-0.25, -0.2) is 0 Å². The van der Waals surface area contributed by atoms with Gasteiger partial charge in [-0.2, -0.15) is 0 Å². The molecule has 0 spiro atoms. The number of methoxy groups -OCH3 is 1. The minimum absolute atomic E-state index is 0.366. The van der Waals surface area contributed by atoms with Crippen molar-refractivity contribution in [2.75, 3.05) is 53.0 Å². The lowest BCUT2D eigenvalue weighted by molar-refractivity contribution is 0.141. The van der Waals surface area contributed by atoms with Crippen LogP contribution >= 0.6 is 0 Å². The Balaban J connectivity index is 1.84. The normalized spacial score (nSPS) is 24.5. The number of aliphatic imine (C=N–C) groups is 1. The Kier molecular flexibility index (Phi) is 8.33. The van der Waals surface area contributed by atoms with E-state index in [0.717, 1.165) is 44.5 Å². The maximum Gasteiger partial charge on any atom is 0.191 e. The summed E-state index contributed by atoms with van der Waals surface area (Å²) >= 11 is 0. The molecule has 5 heteroatoms. The third-order valence-corrected chi connectivity index (χ3v) is 5.79. The molecule has 2 aliphatic rings. The van der Waals surface area contributed by atoms with Crippen LogP contribution in [0, 0.1) is 11.3 Å². The van der Waals surface area contributed by atoms with Crippen LogP contribution in [0.1, 0.15) is 52.4 Å². The summed E-state index contributed by atoms with van der Waals surface area (Å²) in [5, 5.41) is 7.01. The van der Waals surface area contributed by atoms with Crippen molar-refractivity contribution in [1.82, 2.24) is 15.5 Å². The van der Waals surface area contributed by atoms with Crippen molar-refractivity contribution in [2.24, 2.45) is 16.3 Å². The second-order valence-electron chi connectivity index (χ2n) is 7.57. The van der Waals surface area contributed by atoms with Crippen LogP contribution in [0.15, 0.2) is 4.99 Å². The van der Waals surface area contributed by atoms with Crippen molar-refractivity contribution < 1.29 is 4.74 Å². The van der Waals surface area contributed by atoms with Crippen molar-refractivity contribution in [2.45, 2.75) is 52.4 Å². The van der Waals surface area contributed by atoms with E-state index >= 15 is 0 Å². The zero-order chi connectivity index (χ0) is 17.3. The molecule has 2 rings (SSSR count). The fourth-order valence-corrected chi connectivity index (χ4v) is 4.13. The highest BCUT2D eigenvalue weighted by Gasteiger charge is 2.33. The van der Waals surface area contributed by atoms with E-state index in [4.69, 9.17) is 9.73 Å². The molecule has 0 amide bonds. The fraction of sp³-hybridized carbons (Fsp3) is 0.947. The monoisotopic (exact) mass is 338 g/mol. The molecule has 0 bridgehead atoms. The van der Waals surface area contributed by atoms with Gasteiger partial charge in [0.1, 0.15) is 0 Å². The first-order valence-corrected chi connectivity index (χ1v) is 9.95. The van der Waals surface area contributed by atoms with Gasteiger partial charge < -0.3 is 20.3 Å². The summed E-state index contributed by atoms with van der Waals surface area (Å²) in [5.41, 5.74) is 0.366. The molecule has 1 heterocycles. The molecule has 24 heavy (non-hydrogen) atoms. The van der Waals surface area contributed by atoms with Crippen LogP contribution in [0.2, 0.25) is 0 Å². The highest BCUT2D eigenvalue weighted by Crippen LogP contribution is 2.41. The molecule has 1 aliphatic heterocycles. The first-order chi connectivity index (χ1) is 11.7. The summed E-state index contributed by atoms with van der Waals surface area (Å²) in [5.74, 6) is 1.75. The zero-order valence-corrected chi connectivity index (χ0v) is 16.1. The Bertz CT molecular complexity index is 380. The van der Waals surface area contributed by atoms with Crippen LogP contribution in [-0.2, 0) is 4.74 Å². The summed E-state index contributed by atoms with van der Waals surface area (Å²) in [7, 11) is 1.80. The van der Waals surface area contributed by atoms with Gasteiger partial charge in [-0.05, 0) is 57.0 Å². The standard InChI is InChI=1S/C19H38N4O/c1-4-20-18(21-14-17-8-12-23(5-2)15-17)22-16-19(11-13-24-3)9-6-7-10-19/h17H,4-16H2,1-3H3,(H2,20,21,22). The molecule has 0 radical (unpaired) electrons. The van der Waals surface area contributed by atoms with Crippen molar-refractivity contribution >= 4 is 5.96 Å². The Hall–Kier alpha value is -0.810. The molecule has 2 fully saturated rings. The second-order valence-corrected chi connectivity index (χ2v) is 7.57. The van der Waals surface area contributed by atoms with Crippen LogP contribution in [0.5, 0.6) is 0 Å². The van der Waals surface area contributed by atoms with Crippen LogP contribution in [0.4, 0.5) is 0 Å². The number of ether oxygens (including phenoxy) is 1. The summed E-state index contributed by atoms with van der Waals surface area (Å²) in [4.78, 5) is 7.48. The van der Waals surface area contributed by atoms with E-state index in [0.29, 0.717) is 5.41 Å². The molecule has 1 saturated heterocycles. The van der Waals surface area contributed by atoms with E-state index in [2.05, 4.69) is 29.4 Å². The van der Waals surface area contributed by atoms with Gasteiger partial charge in [0, 0.05) is 39.9 Å². The molecular formula is C19H38N4O. The molecule has 5 nitrogen and oxygen atoms in total. The Morgan fingerprint density at radius 3 is 2.67 bits per heavy atom. The Morgan fingerprint density at radius 1 is 1.25 bits per heavy atom. The maximum atomic E-state index is 5.33. The first-order valence-electron chi connectivity index (χ1n) is 9.95. The van der Waals surface area contributed by atoms with E-state index in [1.165, 1.54) is 51.7 Å². The minimum atomic E-state index is 0.366. The van der Waals surface area contributed by atoms with Gasteiger partial charge in [-0.1, -0.05) is 19.8 Å². The number of nitrogens with zero attached hydrogens (tertiary/aromatic N) is 2. The van der Waals surface area contributed by atoms with Gasteiger partial charge in [0.15, 0.2) is 5.96 Å². The summed E-state index contributed by atoms with van der Waals surface area (Å²) in [6.07, 6.45) is 7.73. The molecule has 1 unspecified atom stereocenters. The molecule has 1 aliphatic carbocycles. The molecule has 0 aromatic heterocycles. The third kappa shape index (κ3) is 5.92. The van der Waals surface area contributed by atoms with Crippen LogP contribution in [-0.4, -0.2) is 63.8 Å². The van der Waals surface area contributed by atoms with Crippen LogP contribution in [0.3, 0.4) is 0 Å². The van der Waals surface area contributed by atoms with Crippen LogP contribution in [0.25, 0.3) is 0 Å². The van der Waals surface area contributed by atoms with Gasteiger partial charge >= 0.3 is 0 Å². The number of hydrogen-bond donors (Lipinski definition) is 2. The molecule has 0 aromatic rings. The number of likely N-dealkylation sites (tertiary alicyclic amines) is 1. The Labute approximate surface area is 148 Å². The van der Waals surface area contributed by atoms with Gasteiger partial charge in [-0.3, -0.25) is 4.99 Å². The van der Waals surface area contributed by atoms with Crippen molar-refractivity contribution in [3.8, 4) is 0 Å². The fourth-order valence-electron chi connectivity index (χ4n) is 4.13. The predicted octanol–water partition coefficient (Wildman–Crippen LogP) is 2.48. The van der Waals surface area contributed by atoms with E-state index in [1.807, 2.05) is 0 Å². The maximum absolute atomic E-state index is 5.33. The van der Waals surface area contributed by atoms with Gasteiger partial charge in [0.05, 0.1) is 0 Å². The highest BCUT2D eigenvalue weighted by molar-refractivity contribution is 5.79. The lowest BCUT2D eigenvalue weighted by atomic mass is 9.83. The molecule has 2 N–H and O–H groups in total. The van der Waals surface area contributed by atoms with Crippen LogP contribution < -0.4 is 10.6 Å². The Morgan fingerprint density at radius 2 is 2.04 bits per heavy atom. The molecule has 140 valence electrons. The van der Waals surface area contributed by atoms with E-state index < -0.39 is 0 Å². The lowest BCUT2D eigenvalue weighted by Gasteiger charge is -2.27. The topological polar surface area (TPSA) is 48.9 Å². The second kappa shape index (κ2) is 10.2. The largest absolute Gasteiger partial charge is 0.385 e. The van der Waals surface area contributed by atoms with Crippen molar-refractivity contribution in [1.29, 1.82) is 0 Å². The average molecular weight is 339 g/mol. The number of hydrogen-bond acceptors (Lipinski definition) is 3. The minimum Gasteiger partial charge on any atom is -0.385 e. The predicted molar refractivity (Wildman–Crippen MR) is 102 cm³/mol. The molecule has 1 atom stereocenters. The molecule has 1 saturated carbocycles. The number of guanidine groups is 1. The van der Waals surface area contributed by atoms with Gasteiger partial charge in [0.2, 0.25) is 0 Å². The summed E-state index contributed by atoms with van der Waals surface area (Å²) in [6.45, 7) is 11.8. The summed E-state index contributed by atoms with van der Waals surface area (Å²) in [6, 6.07) is 0. The quantitative estimate of drug-likeness (QED) is 0.501. The van der Waals surface area contributed by atoms with Crippen molar-refractivity contribution in [3.63, 3.8) is 0 Å². The van der Waals surface area contributed by atoms with Crippen molar-refractivity contribution in [3.05, 3.63) is 0 Å². The highest BCUT2D eigenvalue weighted by atomic mass is 16.5. The average Bonchev–Trinajstić information content (AvgIpc) is 3.25. The number of nitrogens with one attached hydrogen (secondary N) is 2. The van der Waals surface area contributed by atoms with E-state index in [9.17, 15) is 0 Å². The lowest BCUT2D eigenvalue weighted by Crippen LogP contribution is -2.41. The third-order valence-electron chi connectivity index (χ3n) is 5.79. The van der Waals surface area contributed by atoms with E-state index in [1.54, 1.807) is 7.11 Å². The zero-order valence-electron chi connectivity index (χ0n) is 16.1.